The molecule has 0 aliphatic carbocycles. The van der Waals surface area contributed by atoms with Crippen LogP contribution in [0.25, 0.3) is 0 Å². The van der Waals surface area contributed by atoms with Crippen LogP contribution in [-0.4, -0.2) is 68.5 Å². The number of nitrogens with one attached hydrogen (secondary N) is 2. The molecule has 0 aromatic heterocycles. The molecule has 0 atom stereocenters. The summed E-state index contributed by atoms with van der Waals surface area (Å²) < 4.78 is 32.4. The Morgan fingerprint density at radius 2 is 1.65 bits per heavy atom. The van der Waals surface area contributed by atoms with Gasteiger partial charge in [0.25, 0.3) is 5.91 Å². The number of rotatable bonds is 6. The molecule has 0 spiro atoms. The molecule has 2 aromatic carbocycles. The summed E-state index contributed by atoms with van der Waals surface area (Å²) in [5.41, 5.74) is 1.02. The van der Waals surface area contributed by atoms with Gasteiger partial charge in [-0.25, -0.2) is 8.42 Å². The lowest BCUT2D eigenvalue weighted by atomic mass is 10.2. The summed E-state index contributed by atoms with van der Waals surface area (Å²) in [6.45, 7) is 4.80. The lowest BCUT2D eigenvalue weighted by Crippen LogP contribution is -2.46. The van der Waals surface area contributed by atoms with E-state index in [1.807, 2.05) is 14.0 Å². The van der Waals surface area contributed by atoms with Crippen LogP contribution in [0.3, 0.4) is 0 Å². The molecule has 31 heavy (non-hydrogen) atoms. The van der Waals surface area contributed by atoms with Gasteiger partial charge in [-0.2, -0.15) is 4.31 Å². The second kappa shape index (κ2) is 10.2. The van der Waals surface area contributed by atoms with Crippen molar-refractivity contribution in [1.82, 2.24) is 14.5 Å². The molecule has 0 unspecified atom stereocenters. The SMILES string of the molecule is CCOc1ccc(C(=O)NC(=S)Nc2ccc(S(=O)(=O)N3CCN(C)CC3)cc2)cc1. The minimum Gasteiger partial charge on any atom is -0.494 e. The number of amides is 1. The van der Waals surface area contributed by atoms with Crippen LogP contribution in [0.15, 0.2) is 53.4 Å². The van der Waals surface area contributed by atoms with E-state index in [0.29, 0.717) is 49.8 Å². The monoisotopic (exact) mass is 462 g/mol. The van der Waals surface area contributed by atoms with E-state index in [-0.39, 0.29) is 15.9 Å². The highest BCUT2D eigenvalue weighted by molar-refractivity contribution is 7.89. The first-order chi connectivity index (χ1) is 14.8. The number of carbonyl (C=O) groups is 1. The predicted molar refractivity (Wildman–Crippen MR) is 124 cm³/mol. The molecule has 10 heteroatoms. The maximum absolute atomic E-state index is 12.8. The van der Waals surface area contributed by atoms with Crippen molar-refractivity contribution in [3.63, 3.8) is 0 Å². The Balaban J connectivity index is 1.57. The summed E-state index contributed by atoms with van der Waals surface area (Å²) >= 11 is 5.20. The fourth-order valence-electron chi connectivity index (χ4n) is 3.09. The molecule has 1 heterocycles. The predicted octanol–water partition coefficient (Wildman–Crippen LogP) is 2.15. The average molecular weight is 463 g/mol. The highest BCUT2D eigenvalue weighted by atomic mass is 32.2. The second-order valence-corrected chi connectivity index (χ2v) is 9.44. The smallest absolute Gasteiger partial charge is 0.257 e. The zero-order valence-corrected chi connectivity index (χ0v) is 19.1. The Kier molecular flexibility index (Phi) is 7.60. The van der Waals surface area contributed by atoms with Gasteiger partial charge in [0.15, 0.2) is 5.11 Å². The highest BCUT2D eigenvalue weighted by Crippen LogP contribution is 2.20. The summed E-state index contributed by atoms with van der Waals surface area (Å²) in [7, 11) is -1.55. The number of nitrogens with zero attached hydrogens (tertiary/aromatic N) is 2. The van der Waals surface area contributed by atoms with Crippen LogP contribution < -0.4 is 15.4 Å². The molecule has 166 valence electrons. The van der Waals surface area contributed by atoms with Gasteiger partial charge in [-0.15, -0.1) is 0 Å². The molecule has 8 nitrogen and oxygen atoms in total. The molecule has 2 N–H and O–H groups in total. The van der Waals surface area contributed by atoms with Gasteiger partial charge < -0.3 is 15.0 Å². The largest absolute Gasteiger partial charge is 0.494 e. The van der Waals surface area contributed by atoms with Crippen molar-refractivity contribution in [2.75, 3.05) is 45.2 Å². The third-order valence-electron chi connectivity index (χ3n) is 4.87. The number of hydrogen-bond acceptors (Lipinski definition) is 6. The standard InChI is InChI=1S/C21H26N4O4S2/c1-3-29-18-8-4-16(5-9-18)20(26)23-21(30)22-17-6-10-19(11-7-17)31(27,28)25-14-12-24(2)13-15-25/h4-11H,3,12-15H2,1-2H3,(H2,22,23,26,30). The van der Waals surface area contributed by atoms with Crippen molar-refractivity contribution >= 4 is 38.9 Å². The number of carbonyl (C=O) groups excluding carboxylic acids is 1. The van der Waals surface area contributed by atoms with E-state index in [4.69, 9.17) is 17.0 Å². The Morgan fingerprint density at radius 1 is 1.03 bits per heavy atom. The van der Waals surface area contributed by atoms with Gasteiger partial charge in [0.05, 0.1) is 11.5 Å². The molecular weight excluding hydrogens is 436 g/mol. The van der Waals surface area contributed by atoms with Crippen LogP contribution in [0.4, 0.5) is 5.69 Å². The number of sulfonamides is 1. The average Bonchev–Trinajstić information content (AvgIpc) is 2.75. The first kappa shape index (κ1) is 23.1. The molecular formula is C21H26N4O4S2. The minimum atomic E-state index is -3.53. The van der Waals surface area contributed by atoms with Crippen LogP contribution in [0.2, 0.25) is 0 Å². The molecule has 3 rings (SSSR count). The van der Waals surface area contributed by atoms with E-state index in [1.54, 1.807) is 36.4 Å². The summed E-state index contributed by atoms with van der Waals surface area (Å²) in [6.07, 6.45) is 0. The van der Waals surface area contributed by atoms with Crippen molar-refractivity contribution < 1.29 is 17.9 Å². The molecule has 0 radical (unpaired) electrons. The van der Waals surface area contributed by atoms with Crippen LogP contribution in [0.1, 0.15) is 17.3 Å². The van der Waals surface area contributed by atoms with Crippen LogP contribution in [0.5, 0.6) is 5.75 Å². The summed E-state index contributed by atoms with van der Waals surface area (Å²) in [6, 6.07) is 13.1. The fourth-order valence-corrected chi connectivity index (χ4v) is 4.73. The van der Waals surface area contributed by atoms with Gasteiger partial charge in [0.2, 0.25) is 10.0 Å². The molecule has 1 aliphatic heterocycles. The number of anilines is 1. The van der Waals surface area contributed by atoms with E-state index in [0.717, 1.165) is 0 Å². The first-order valence-electron chi connectivity index (χ1n) is 9.93. The number of benzene rings is 2. The van der Waals surface area contributed by atoms with E-state index in [2.05, 4.69) is 15.5 Å². The number of likely N-dealkylation sites (N-methyl/N-ethyl adjacent to an activating group) is 1. The minimum absolute atomic E-state index is 0.119. The molecule has 2 aromatic rings. The number of piperazine rings is 1. The van der Waals surface area contributed by atoms with Gasteiger partial charge >= 0.3 is 0 Å². The van der Waals surface area contributed by atoms with Crippen LogP contribution >= 0.6 is 12.2 Å². The Hall–Kier alpha value is -2.53. The second-order valence-electron chi connectivity index (χ2n) is 7.10. The highest BCUT2D eigenvalue weighted by Gasteiger charge is 2.27. The Bertz CT molecular complexity index is 1020. The lowest BCUT2D eigenvalue weighted by molar-refractivity contribution is 0.0977. The maximum atomic E-state index is 12.8. The third-order valence-corrected chi connectivity index (χ3v) is 6.98. The molecule has 1 saturated heterocycles. The lowest BCUT2D eigenvalue weighted by Gasteiger charge is -2.31. The molecule has 1 amide bonds. The topological polar surface area (TPSA) is 91.0 Å². The van der Waals surface area contributed by atoms with Crippen LogP contribution in [-0.2, 0) is 10.0 Å². The Morgan fingerprint density at radius 3 is 2.23 bits per heavy atom. The van der Waals surface area contributed by atoms with Gasteiger partial charge in [0.1, 0.15) is 5.75 Å². The summed E-state index contributed by atoms with van der Waals surface area (Å²) in [5.74, 6) is 0.334. The quantitative estimate of drug-likeness (QED) is 0.636. The van der Waals surface area contributed by atoms with Crippen LogP contribution in [0, 0.1) is 0 Å². The van der Waals surface area contributed by atoms with E-state index < -0.39 is 10.0 Å². The van der Waals surface area contributed by atoms with E-state index >= 15 is 0 Å². The van der Waals surface area contributed by atoms with Crippen molar-refractivity contribution in [3.8, 4) is 5.75 Å². The van der Waals surface area contributed by atoms with Crippen molar-refractivity contribution in [2.24, 2.45) is 0 Å². The van der Waals surface area contributed by atoms with Crippen molar-refractivity contribution in [3.05, 3.63) is 54.1 Å². The fraction of sp³-hybridized carbons (Fsp3) is 0.333. The maximum Gasteiger partial charge on any atom is 0.257 e. The summed E-state index contributed by atoms with van der Waals surface area (Å²) in [4.78, 5) is 14.7. The van der Waals surface area contributed by atoms with Gasteiger partial charge in [-0.1, -0.05) is 0 Å². The number of ether oxygens (including phenoxy) is 1. The number of thiocarbonyl (C=S) groups is 1. The van der Waals surface area contributed by atoms with Gasteiger partial charge in [-0.3, -0.25) is 10.1 Å². The molecule has 1 fully saturated rings. The van der Waals surface area contributed by atoms with E-state index in [9.17, 15) is 13.2 Å². The summed E-state index contributed by atoms with van der Waals surface area (Å²) in [5, 5.41) is 5.62. The molecule has 0 bridgehead atoms. The molecule has 0 saturated carbocycles. The zero-order valence-electron chi connectivity index (χ0n) is 17.5. The number of hydrogen-bond donors (Lipinski definition) is 2. The zero-order chi connectivity index (χ0) is 22.4. The van der Waals surface area contributed by atoms with Crippen molar-refractivity contribution in [1.29, 1.82) is 0 Å². The molecule has 1 aliphatic rings. The van der Waals surface area contributed by atoms with Gasteiger partial charge in [-0.05, 0) is 74.7 Å². The third kappa shape index (κ3) is 6.01. The van der Waals surface area contributed by atoms with E-state index in [1.165, 1.54) is 16.4 Å². The van der Waals surface area contributed by atoms with Gasteiger partial charge in [0, 0.05) is 37.4 Å². The van der Waals surface area contributed by atoms with Crippen molar-refractivity contribution in [2.45, 2.75) is 11.8 Å². The Labute approximate surface area is 188 Å². The first-order valence-corrected chi connectivity index (χ1v) is 11.8. The normalized spacial score (nSPS) is 15.3.